The summed E-state index contributed by atoms with van der Waals surface area (Å²) in [6, 6.07) is 18.8. The van der Waals surface area contributed by atoms with Gasteiger partial charge in [0, 0.05) is 32.7 Å². The van der Waals surface area contributed by atoms with Crippen LogP contribution in [0.3, 0.4) is 0 Å². The molecule has 152 valence electrons. The van der Waals surface area contributed by atoms with Crippen molar-refractivity contribution in [1.29, 1.82) is 0 Å². The Morgan fingerprint density at radius 3 is 2.23 bits per heavy atom. The van der Waals surface area contributed by atoms with E-state index < -0.39 is 0 Å². The van der Waals surface area contributed by atoms with E-state index in [-0.39, 0.29) is 12.5 Å². The number of hydrogen-bond acceptors (Lipinski definition) is 5. The van der Waals surface area contributed by atoms with Gasteiger partial charge in [-0.2, -0.15) is 4.99 Å². The molecular formula is C24H23N3O2S. The second-order valence-corrected chi connectivity index (χ2v) is 8.60. The second kappa shape index (κ2) is 8.22. The molecule has 2 aliphatic rings. The van der Waals surface area contributed by atoms with Gasteiger partial charge in [-0.3, -0.25) is 9.69 Å². The summed E-state index contributed by atoms with van der Waals surface area (Å²) in [5.74, 6) is -0.162. The smallest absolute Gasteiger partial charge is 0.286 e. The number of benzene rings is 3. The van der Waals surface area contributed by atoms with Crippen LogP contribution in [0.15, 0.2) is 64.5 Å². The Morgan fingerprint density at radius 2 is 1.60 bits per heavy atom. The molecule has 0 saturated carbocycles. The SMILES string of the molecule is O=C1N=C(N2CCN(CCO)CC2)S/C1=C\c1c2ccccc2cc2ccccc12. The van der Waals surface area contributed by atoms with Crippen LogP contribution in [0.5, 0.6) is 0 Å². The highest BCUT2D eigenvalue weighted by Crippen LogP contribution is 2.35. The highest BCUT2D eigenvalue weighted by Gasteiger charge is 2.28. The highest BCUT2D eigenvalue weighted by atomic mass is 32.2. The van der Waals surface area contributed by atoms with Gasteiger partial charge in [0.05, 0.1) is 11.5 Å². The first kappa shape index (κ1) is 19.3. The van der Waals surface area contributed by atoms with Gasteiger partial charge in [-0.05, 0) is 51.0 Å². The molecule has 0 radical (unpaired) electrons. The lowest BCUT2D eigenvalue weighted by molar-refractivity contribution is -0.113. The largest absolute Gasteiger partial charge is 0.395 e. The zero-order valence-corrected chi connectivity index (χ0v) is 17.4. The first-order valence-corrected chi connectivity index (χ1v) is 11.1. The van der Waals surface area contributed by atoms with Gasteiger partial charge in [-0.25, -0.2) is 0 Å². The van der Waals surface area contributed by atoms with Crippen LogP contribution in [0.4, 0.5) is 0 Å². The van der Waals surface area contributed by atoms with Crippen LogP contribution in [-0.4, -0.2) is 65.3 Å². The number of carbonyl (C=O) groups is 1. The zero-order valence-electron chi connectivity index (χ0n) is 16.6. The van der Waals surface area contributed by atoms with Crippen molar-refractivity contribution in [3.05, 3.63) is 65.1 Å². The molecule has 0 unspecified atom stereocenters. The first-order valence-electron chi connectivity index (χ1n) is 10.2. The molecule has 1 N–H and O–H groups in total. The van der Waals surface area contributed by atoms with Gasteiger partial charge in [-0.1, -0.05) is 48.5 Å². The minimum Gasteiger partial charge on any atom is -0.395 e. The fourth-order valence-electron chi connectivity index (χ4n) is 4.17. The number of nitrogens with zero attached hydrogens (tertiary/aromatic N) is 3. The van der Waals surface area contributed by atoms with Crippen molar-refractivity contribution in [3.8, 4) is 0 Å². The van der Waals surface area contributed by atoms with Gasteiger partial charge in [-0.15, -0.1) is 0 Å². The van der Waals surface area contributed by atoms with Crippen molar-refractivity contribution in [3.63, 3.8) is 0 Å². The number of piperazine rings is 1. The molecule has 0 aromatic heterocycles. The third kappa shape index (κ3) is 3.62. The fraction of sp³-hybridized carbons (Fsp3) is 0.250. The maximum absolute atomic E-state index is 12.7. The average molecular weight is 418 g/mol. The summed E-state index contributed by atoms with van der Waals surface area (Å²) in [4.78, 5) is 22.2. The molecule has 5 rings (SSSR count). The minimum atomic E-state index is -0.162. The second-order valence-electron chi connectivity index (χ2n) is 7.59. The van der Waals surface area contributed by atoms with E-state index in [4.69, 9.17) is 5.11 Å². The van der Waals surface area contributed by atoms with E-state index >= 15 is 0 Å². The first-order chi connectivity index (χ1) is 14.7. The van der Waals surface area contributed by atoms with Crippen LogP contribution in [0.2, 0.25) is 0 Å². The lowest BCUT2D eigenvalue weighted by atomic mass is 9.96. The van der Waals surface area contributed by atoms with Crippen molar-refractivity contribution in [2.45, 2.75) is 0 Å². The van der Waals surface area contributed by atoms with Crippen LogP contribution < -0.4 is 0 Å². The summed E-state index contributed by atoms with van der Waals surface area (Å²) in [5, 5.41) is 14.5. The fourth-order valence-corrected chi connectivity index (χ4v) is 5.12. The van der Waals surface area contributed by atoms with Crippen LogP contribution in [0.25, 0.3) is 27.6 Å². The maximum atomic E-state index is 12.7. The topological polar surface area (TPSA) is 56.1 Å². The van der Waals surface area contributed by atoms with Crippen LogP contribution in [0, 0.1) is 0 Å². The molecule has 0 bridgehead atoms. The van der Waals surface area contributed by atoms with Crippen LogP contribution in [0.1, 0.15) is 5.56 Å². The lowest BCUT2D eigenvalue weighted by Gasteiger charge is -2.34. The number of rotatable bonds is 3. The van der Waals surface area contributed by atoms with E-state index in [1.807, 2.05) is 30.3 Å². The number of aliphatic hydroxyl groups is 1. The molecule has 0 aliphatic carbocycles. The van der Waals surface area contributed by atoms with Crippen molar-refractivity contribution in [2.75, 3.05) is 39.3 Å². The highest BCUT2D eigenvalue weighted by molar-refractivity contribution is 8.18. The monoisotopic (exact) mass is 417 g/mol. The number of amides is 1. The molecule has 1 fully saturated rings. The summed E-state index contributed by atoms with van der Waals surface area (Å²) in [6.07, 6.45) is 2.01. The third-order valence-corrected chi connectivity index (χ3v) is 6.80. The summed E-state index contributed by atoms with van der Waals surface area (Å²) in [7, 11) is 0. The Labute approximate surface area is 179 Å². The summed E-state index contributed by atoms with van der Waals surface area (Å²) >= 11 is 1.47. The van der Waals surface area contributed by atoms with Crippen LogP contribution in [-0.2, 0) is 4.79 Å². The Hall–Kier alpha value is -2.67. The third-order valence-electron chi connectivity index (χ3n) is 5.76. The molecular weight excluding hydrogens is 394 g/mol. The Morgan fingerprint density at radius 1 is 0.967 bits per heavy atom. The van der Waals surface area contributed by atoms with Gasteiger partial charge >= 0.3 is 0 Å². The molecule has 6 heteroatoms. The molecule has 3 aromatic carbocycles. The molecule has 0 spiro atoms. The quantitative estimate of drug-likeness (QED) is 0.522. The Balaban J connectivity index is 1.46. The van der Waals surface area contributed by atoms with Crippen molar-refractivity contribution in [2.24, 2.45) is 4.99 Å². The lowest BCUT2D eigenvalue weighted by Crippen LogP contribution is -2.48. The molecule has 3 aromatic rings. The standard InChI is InChI=1S/C24H23N3O2S/c28-14-13-26-9-11-27(12-10-26)24-25-23(29)22(30-24)16-21-19-7-3-1-5-17(19)15-18-6-2-4-8-20(18)21/h1-8,15-16,28H,9-14H2/b22-16-. The summed E-state index contributed by atoms with van der Waals surface area (Å²) in [5.41, 5.74) is 1.07. The van der Waals surface area contributed by atoms with Crippen molar-refractivity contribution in [1.82, 2.24) is 9.80 Å². The van der Waals surface area contributed by atoms with E-state index in [1.54, 1.807) is 0 Å². The van der Waals surface area contributed by atoms with E-state index in [0.29, 0.717) is 11.4 Å². The molecule has 30 heavy (non-hydrogen) atoms. The molecule has 2 heterocycles. The molecule has 1 amide bonds. The predicted octanol–water partition coefficient (Wildman–Crippen LogP) is 3.57. The van der Waals surface area contributed by atoms with Gasteiger partial charge in [0.25, 0.3) is 5.91 Å². The molecule has 0 atom stereocenters. The van der Waals surface area contributed by atoms with Gasteiger partial charge in [0.1, 0.15) is 0 Å². The number of aliphatic imine (C=N–C) groups is 1. The minimum absolute atomic E-state index is 0.162. The Kier molecular flexibility index (Phi) is 5.29. The average Bonchev–Trinajstić information content (AvgIpc) is 3.14. The normalized spacial score (nSPS) is 19.2. The summed E-state index contributed by atoms with van der Waals surface area (Å²) in [6.45, 7) is 4.28. The number of hydrogen-bond donors (Lipinski definition) is 1. The van der Waals surface area contributed by atoms with E-state index in [2.05, 4.69) is 45.1 Å². The Bertz CT molecular complexity index is 1130. The molecule has 5 nitrogen and oxygen atoms in total. The van der Waals surface area contributed by atoms with E-state index in [0.717, 1.165) is 47.7 Å². The number of carbonyl (C=O) groups excluding carboxylic acids is 1. The maximum Gasteiger partial charge on any atom is 0.286 e. The number of thioether (sulfide) groups is 1. The van der Waals surface area contributed by atoms with Gasteiger partial charge in [0.2, 0.25) is 0 Å². The predicted molar refractivity (Wildman–Crippen MR) is 125 cm³/mol. The van der Waals surface area contributed by atoms with Gasteiger partial charge in [0.15, 0.2) is 5.17 Å². The van der Waals surface area contributed by atoms with Crippen molar-refractivity contribution < 1.29 is 9.90 Å². The summed E-state index contributed by atoms with van der Waals surface area (Å²) < 4.78 is 0. The van der Waals surface area contributed by atoms with Crippen molar-refractivity contribution >= 4 is 50.5 Å². The van der Waals surface area contributed by atoms with Gasteiger partial charge < -0.3 is 10.0 Å². The zero-order chi connectivity index (χ0) is 20.5. The molecule has 1 saturated heterocycles. The number of amidine groups is 1. The van der Waals surface area contributed by atoms with Crippen LogP contribution >= 0.6 is 11.8 Å². The molecule has 2 aliphatic heterocycles. The number of β-amino-alcohol motifs (C(OH)–C–C–N with tert-alkyl or cyclic N) is 1. The number of aliphatic hydroxyl groups excluding tert-OH is 1. The van der Waals surface area contributed by atoms with E-state index in [1.165, 1.54) is 22.5 Å². The van der Waals surface area contributed by atoms with E-state index in [9.17, 15) is 4.79 Å². The number of fused-ring (bicyclic) bond motifs is 2.